The molecular weight excluding hydrogens is 250 g/mol. The molecule has 1 unspecified atom stereocenters. The van der Waals surface area contributed by atoms with E-state index in [2.05, 4.69) is 46.9 Å². The molecule has 0 aliphatic rings. The number of aryl methyl sites for hydroxylation is 1. The summed E-state index contributed by atoms with van der Waals surface area (Å²) in [6.45, 7) is 16.2. The molecule has 1 rings (SSSR count). The Morgan fingerprint density at radius 2 is 1.85 bits per heavy atom. The van der Waals surface area contributed by atoms with Gasteiger partial charge in [-0.2, -0.15) is 0 Å². The van der Waals surface area contributed by atoms with E-state index in [0.717, 1.165) is 30.3 Å². The lowest BCUT2D eigenvalue weighted by atomic mass is 9.98. The van der Waals surface area contributed by atoms with Gasteiger partial charge in [0.25, 0.3) is 0 Å². The van der Waals surface area contributed by atoms with Gasteiger partial charge in [-0.1, -0.05) is 20.8 Å². The maximum atomic E-state index is 5.90. The van der Waals surface area contributed by atoms with Crippen LogP contribution in [0.4, 0.5) is 5.82 Å². The zero-order valence-corrected chi connectivity index (χ0v) is 14.0. The zero-order valence-electron chi connectivity index (χ0n) is 14.0. The first-order chi connectivity index (χ1) is 9.39. The van der Waals surface area contributed by atoms with Gasteiger partial charge in [0.15, 0.2) is 5.82 Å². The molecule has 0 aliphatic carbocycles. The van der Waals surface area contributed by atoms with Gasteiger partial charge in [-0.25, -0.2) is 9.97 Å². The molecule has 114 valence electrons. The molecule has 0 saturated carbocycles. The monoisotopic (exact) mass is 279 g/mol. The van der Waals surface area contributed by atoms with Gasteiger partial charge in [0.1, 0.15) is 11.4 Å². The molecule has 0 aromatic carbocycles. The maximum Gasteiger partial charge on any atom is 0.162 e. The Labute approximate surface area is 123 Å². The molecular formula is C16H29N3O. The number of rotatable bonds is 7. The van der Waals surface area contributed by atoms with Crippen LogP contribution < -0.4 is 5.32 Å². The molecule has 0 fully saturated rings. The second-order valence-electron chi connectivity index (χ2n) is 5.60. The molecule has 0 amide bonds. The van der Waals surface area contributed by atoms with Gasteiger partial charge in [-0.3, -0.25) is 0 Å². The number of ether oxygens (including phenoxy) is 1. The number of anilines is 1. The minimum atomic E-state index is -0.417. The molecule has 4 heteroatoms. The van der Waals surface area contributed by atoms with Crippen LogP contribution in [0.1, 0.15) is 71.0 Å². The van der Waals surface area contributed by atoms with Gasteiger partial charge in [0, 0.05) is 24.4 Å². The van der Waals surface area contributed by atoms with E-state index in [0.29, 0.717) is 12.5 Å². The minimum absolute atomic E-state index is 0.401. The van der Waals surface area contributed by atoms with Gasteiger partial charge in [0.2, 0.25) is 0 Å². The smallest absolute Gasteiger partial charge is 0.162 e. The van der Waals surface area contributed by atoms with Crippen LogP contribution in [0.5, 0.6) is 0 Å². The first kappa shape index (κ1) is 16.9. The van der Waals surface area contributed by atoms with Crippen molar-refractivity contribution in [3.8, 4) is 0 Å². The van der Waals surface area contributed by atoms with E-state index in [1.807, 2.05) is 6.92 Å². The van der Waals surface area contributed by atoms with Crippen LogP contribution >= 0.6 is 0 Å². The predicted octanol–water partition coefficient (Wildman–Crippen LogP) is 4.00. The number of nitrogens with zero attached hydrogens (tertiary/aromatic N) is 2. The lowest BCUT2D eigenvalue weighted by Gasteiger charge is -2.28. The largest absolute Gasteiger partial charge is 0.370 e. The fourth-order valence-corrected chi connectivity index (χ4v) is 2.45. The van der Waals surface area contributed by atoms with Crippen LogP contribution in [0.25, 0.3) is 0 Å². The van der Waals surface area contributed by atoms with Crippen molar-refractivity contribution in [1.82, 2.24) is 9.97 Å². The predicted molar refractivity (Wildman–Crippen MR) is 84.3 cm³/mol. The number of hydrogen-bond donors (Lipinski definition) is 1. The third kappa shape index (κ3) is 3.48. The summed E-state index contributed by atoms with van der Waals surface area (Å²) in [5.41, 5.74) is 1.82. The minimum Gasteiger partial charge on any atom is -0.370 e. The van der Waals surface area contributed by atoms with Crippen LogP contribution in [-0.4, -0.2) is 23.1 Å². The van der Waals surface area contributed by atoms with E-state index >= 15 is 0 Å². The van der Waals surface area contributed by atoms with Gasteiger partial charge in [-0.05, 0) is 40.0 Å². The highest BCUT2D eigenvalue weighted by Crippen LogP contribution is 2.31. The second kappa shape index (κ2) is 7.02. The quantitative estimate of drug-likeness (QED) is 0.819. The Balaban J connectivity index is 3.36. The van der Waals surface area contributed by atoms with Crippen LogP contribution in [0.2, 0.25) is 0 Å². The summed E-state index contributed by atoms with van der Waals surface area (Å²) in [6, 6.07) is 0. The van der Waals surface area contributed by atoms with E-state index in [4.69, 9.17) is 14.7 Å². The van der Waals surface area contributed by atoms with Crippen LogP contribution in [0.3, 0.4) is 0 Å². The molecule has 0 bridgehead atoms. The highest BCUT2D eigenvalue weighted by Gasteiger charge is 2.30. The van der Waals surface area contributed by atoms with Crippen molar-refractivity contribution in [1.29, 1.82) is 0 Å². The van der Waals surface area contributed by atoms with Crippen molar-refractivity contribution in [3.63, 3.8) is 0 Å². The van der Waals surface area contributed by atoms with Crippen LogP contribution in [0, 0.1) is 6.92 Å². The van der Waals surface area contributed by atoms with Gasteiger partial charge >= 0.3 is 0 Å². The number of aromatic nitrogens is 2. The van der Waals surface area contributed by atoms with Crippen molar-refractivity contribution in [2.45, 2.75) is 66.4 Å². The standard InChI is InChI=1S/C16H29N3O/c1-8-16(7,20-10-3)15-18-12(6)13(11(4)5)14(19-15)17-9-2/h11H,8-10H2,1-7H3,(H,17,18,19). The van der Waals surface area contributed by atoms with Crippen molar-refractivity contribution < 1.29 is 4.74 Å². The average Bonchev–Trinajstić information content (AvgIpc) is 2.38. The summed E-state index contributed by atoms with van der Waals surface area (Å²) in [7, 11) is 0. The molecule has 0 spiro atoms. The first-order valence-corrected chi connectivity index (χ1v) is 7.66. The Bertz CT molecular complexity index is 446. The van der Waals surface area contributed by atoms with Gasteiger partial charge in [0.05, 0.1) is 0 Å². The third-order valence-corrected chi connectivity index (χ3v) is 3.67. The van der Waals surface area contributed by atoms with Crippen LogP contribution in [-0.2, 0) is 10.3 Å². The van der Waals surface area contributed by atoms with Crippen LogP contribution in [0.15, 0.2) is 0 Å². The third-order valence-electron chi connectivity index (χ3n) is 3.67. The topological polar surface area (TPSA) is 47.0 Å². The molecule has 1 aromatic rings. The van der Waals surface area contributed by atoms with Gasteiger partial charge in [-0.15, -0.1) is 0 Å². The lowest BCUT2D eigenvalue weighted by Crippen LogP contribution is -2.29. The summed E-state index contributed by atoms with van der Waals surface area (Å²) < 4.78 is 5.90. The molecule has 1 aromatic heterocycles. The summed E-state index contributed by atoms with van der Waals surface area (Å²) >= 11 is 0. The first-order valence-electron chi connectivity index (χ1n) is 7.66. The molecule has 0 saturated heterocycles. The fraction of sp³-hybridized carbons (Fsp3) is 0.750. The normalized spacial score (nSPS) is 14.4. The molecule has 0 aliphatic heterocycles. The number of nitrogens with one attached hydrogen (secondary N) is 1. The average molecular weight is 279 g/mol. The van der Waals surface area contributed by atoms with Crippen molar-refractivity contribution in [2.24, 2.45) is 0 Å². The summed E-state index contributed by atoms with van der Waals surface area (Å²) in [6.07, 6.45) is 0.854. The summed E-state index contributed by atoms with van der Waals surface area (Å²) in [4.78, 5) is 9.48. The summed E-state index contributed by atoms with van der Waals surface area (Å²) in [5.74, 6) is 2.13. The Morgan fingerprint density at radius 3 is 2.30 bits per heavy atom. The SMILES string of the molecule is CCNc1nc(C(C)(CC)OCC)nc(C)c1C(C)C. The Hall–Kier alpha value is -1.16. The van der Waals surface area contributed by atoms with Crippen molar-refractivity contribution in [2.75, 3.05) is 18.5 Å². The van der Waals surface area contributed by atoms with Crippen molar-refractivity contribution >= 4 is 5.82 Å². The zero-order chi connectivity index (χ0) is 15.3. The van der Waals surface area contributed by atoms with E-state index in [1.165, 1.54) is 5.56 Å². The highest BCUT2D eigenvalue weighted by atomic mass is 16.5. The van der Waals surface area contributed by atoms with E-state index in [9.17, 15) is 0 Å². The molecule has 1 N–H and O–H groups in total. The molecule has 1 atom stereocenters. The summed E-state index contributed by atoms with van der Waals surface area (Å²) in [5, 5.41) is 3.37. The molecule has 1 heterocycles. The van der Waals surface area contributed by atoms with E-state index in [1.54, 1.807) is 0 Å². The lowest BCUT2D eigenvalue weighted by molar-refractivity contribution is -0.0390. The maximum absolute atomic E-state index is 5.90. The molecule has 20 heavy (non-hydrogen) atoms. The van der Waals surface area contributed by atoms with E-state index < -0.39 is 5.60 Å². The molecule has 0 radical (unpaired) electrons. The van der Waals surface area contributed by atoms with Crippen molar-refractivity contribution in [3.05, 3.63) is 17.1 Å². The molecule has 4 nitrogen and oxygen atoms in total. The second-order valence-corrected chi connectivity index (χ2v) is 5.60. The van der Waals surface area contributed by atoms with Gasteiger partial charge < -0.3 is 10.1 Å². The Kier molecular flexibility index (Phi) is 5.93. The van der Waals surface area contributed by atoms with E-state index in [-0.39, 0.29) is 0 Å². The highest BCUT2D eigenvalue weighted by molar-refractivity contribution is 5.48. The Morgan fingerprint density at radius 1 is 1.20 bits per heavy atom. The number of hydrogen-bond acceptors (Lipinski definition) is 4. The fourth-order valence-electron chi connectivity index (χ4n) is 2.45.